The lowest BCUT2D eigenvalue weighted by Crippen LogP contribution is -2.01. The van der Waals surface area contributed by atoms with Crippen molar-refractivity contribution in [1.29, 1.82) is 0 Å². The summed E-state index contributed by atoms with van der Waals surface area (Å²) in [5, 5.41) is 11.0. The van der Waals surface area contributed by atoms with Crippen molar-refractivity contribution in [3.8, 4) is 73.2 Å². The average Bonchev–Trinajstić information content (AvgIpc) is 4.40. The van der Waals surface area contributed by atoms with Crippen molar-refractivity contribution in [3.63, 3.8) is 0 Å². The van der Waals surface area contributed by atoms with Gasteiger partial charge in [0.25, 0.3) is 0 Å². The number of aromatic nitrogens is 4. The summed E-state index contributed by atoms with van der Waals surface area (Å²) in [5.41, 5.74) is 15.6. The molecule has 6 nitrogen and oxygen atoms in total. The monoisotopic (exact) mass is 982 g/mol. The van der Waals surface area contributed by atoms with Gasteiger partial charge < -0.3 is 13.4 Å². The van der Waals surface area contributed by atoms with Crippen molar-refractivity contribution in [2.24, 2.45) is 0 Å². The summed E-state index contributed by atoms with van der Waals surface area (Å²) in [5.74, 6) is 1.65. The zero-order valence-corrected chi connectivity index (χ0v) is 41.4. The van der Waals surface area contributed by atoms with Gasteiger partial charge in [0.1, 0.15) is 22.3 Å². The summed E-state index contributed by atoms with van der Waals surface area (Å²) in [6.45, 7) is 0. The van der Waals surface area contributed by atoms with E-state index in [9.17, 15) is 0 Å². The first-order chi connectivity index (χ1) is 38.1. The van der Waals surface area contributed by atoms with Gasteiger partial charge >= 0.3 is 0 Å². The molecule has 0 aliphatic rings. The molecule has 4 heterocycles. The zero-order valence-electron chi connectivity index (χ0n) is 41.4. The molecule has 16 rings (SSSR count). The van der Waals surface area contributed by atoms with E-state index in [1.54, 1.807) is 0 Å². The third-order valence-electron chi connectivity index (χ3n) is 15.4. The summed E-state index contributed by atoms with van der Waals surface area (Å²) in [6.07, 6.45) is 0. The summed E-state index contributed by atoms with van der Waals surface area (Å²) in [4.78, 5) is 16.1. The Morgan fingerprint density at radius 2 is 0.766 bits per heavy atom. The first-order valence-electron chi connectivity index (χ1n) is 26.0. The summed E-state index contributed by atoms with van der Waals surface area (Å²) < 4.78 is 15.9. The maximum Gasteiger partial charge on any atom is 0.164 e. The molecule has 0 amide bonds. The summed E-state index contributed by atoms with van der Waals surface area (Å²) in [6, 6.07) is 90.0. The number of rotatable bonds is 7. The third-order valence-corrected chi connectivity index (χ3v) is 15.4. The standard InChI is InChI=1S/C71H42N4O2/c1-3-15-43(16-4-1)45-29-33-48(34-30-45)56-41-58-65(42-61(56)75-59-38-37-47-19-9-10-22-52(47)66(59)57-39-50-20-7-8-21-51(50)40-60(57)75)77-64-28-14-25-55(68(58)64)71-73-69(49-35-31-46(32-36-49)44-17-5-2-6-18-44)72-70(74-71)54-24-13-27-63-67(54)53-23-11-12-26-62(53)76-63/h1-42H. The minimum atomic E-state index is 0.536. The van der Waals surface area contributed by atoms with E-state index in [0.29, 0.717) is 17.5 Å². The van der Waals surface area contributed by atoms with Gasteiger partial charge in [-0.3, -0.25) is 0 Å². The van der Waals surface area contributed by atoms with Gasteiger partial charge in [0, 0.05) is 60.6 Å². The van der Waals surface area contributed by atoms with Crippen LogP contribution in [0, 0.1) is 0 Å². The molecule has 0 saturated heterocycles. The number of fused-ring (bicyclic) bond motifs is 12. The highest BCUT2D eigenvalue weighted by molar-refractivity contribution is 6.24. The Morgan fingerprint density at radius 3 is 1.44 bits per heavy atom. The molecule has 0 unspecified atom stereocenters. The van der Waals surface area contributed by atoms with Gasteiger partial charge in [0.15, 0.2) is 17.5 Å². The van der Waals surface area contributed by atoms with Crippen molar-refractivity contribution in [3.05, 3.63) is 255 Å². The Balaban J connectivity index is 0.961. The fourth-order valence-electron chi connectivity index (χ4n) is 11.8. The molecule has 358 valence electrons. The molecule has 0 radical (unpaired) electrons. The zero-order chi connectivity index (χ0) is 50.6. The van der Waals surface area contributed by atoms with E-state index < -0.39 is 0 Å². The first kappa shape index (κ1) is 43.0. The van der Waals surface area contributed by atoms with Crippen molar-refractivity contribution >= 4 is 87.2 Å². The molecule has 16 aromatic rings. The summed E-state index contributed by atoms with van der Waals surface area (Å²) in [7, 11) is 0. The van der Waals surface area contributed by atoms with Crippen LogP contribution in [0.5, 0.6) is 0 Å². The third kappa shape index (κ3) is 6.93. The Morgan fingerprint density at radius 1 is 0.260 bits per heavy atom. The molecular formula is C71H42N4O2. The Bertz CT molecular complexity index is 5020. The topological polar surface area (TPSA) is 69.9 Å². The minimum absolute atomic E-state index is 0.536. The molecule has 0 aliphatic carbocycles. The highest BCUT2D eigenvalue weighted by atomic mass is 16.3. The molecule has 0 atom stereocenters. The Kier molecular flexibility index (Phi) is 9.53. The van der Waals surface area contributed by atoms with E-state index in [2.05, 4.69) is 217 Å². The SMILES string of the molecule is c1ccc(-c2ccc(-c3nc(-c4cccc5oc6ccccc6c45)nc(-c4cccc5oc6cc(-n7c8cc9ccccc9cc8c8c9ccccc9ccc87)c(-c7ccc(-c8ccccc8)cc7)cc6c45)n3)cc2)cc1. The van der Waals surface area contributed by atoms with Crippen LogP contribution in [0.15, 0.2) is 264 Å². The molecule has 0 aliphatic heterocycles. The lowest BCUT2D eigenvalue weighted by Gasteiger charge is -2.16. The average molecular weight is 983 g/mol. The smallest absolute Gasteiger partial charge is 0.164 e. The van der Waals surface area contributed by atoms with Gasteiger partial charge in [-0.05, 0) is 91.8 Å². The summed E-state index contributed by atoms with van der Waals surface area (Å²) >= 11 is 0. The van der Waals surface area contributed by atoms with E-state index in [4.69, 9.17) is 23.8 Å². The van der Waals surface area contributed by atoms with Crippen LogP contribution in [0.1, 0.15) is 0 Å². The predicted octanol–water partition coefficient (Wildman–Crippen LogP) is 19.1. The fraction of sp³-hybridized carbons (Fsp3) is 0. The number of hydrogen-bond acceptors (Lipinski definition) is 5. The lowest BCUT2D eigenvalue weighted by atomic mass is 9.96. The molecule has 0 fully saturated rings. The van der Waals surface area contributed by atoms with Crippen LogP contribution in [-0.2, 0) is 0 Å². The molecule has 6 heteroatoms. The highest BCUT2D eigenvalue weighted by Crippen LogP contribution is 2.46. The van der Waals surface area contributed by atoms with E-state index in [1.807, 2.05) is 42.5 Å². The van der Waals surface area contributed by atoms with Gasteiger partial charge in [-0.1, -0.05) is 206 Å². The maximum absolute atomic E-state index is 7.07. The molecule has 77 heavy (non-hydrogen) atoms. The number of benzene rings is 12. The molecule has 12 aromatic carbocycles. The van der Waals surface area contributed by atoms with Gasteiger partial charge in [-0.25, -0.2) is 15.0 Å². The van der Waals surface area contributed by atoms with Gasteiger partial charge in [0.05, 0.1) is 16.7 Å². The second kappa shape index (κ2) is 17.1. The van der Waals surface area contributed by atoms with Crippen LogP contribution in [0.4, 0.5) is 0 Å². The second-order valence-corrected chi connectivity index (χ2v) is 19.8. The van der Waals surface area contributed by atoms with Crippen molar-refractivity contribution in [2.45, 2.75) is 0 Å². The molecule has 4 aromatic heterocycles. The van der Waals surface area contributed by atoms with Gasteiger partial charge in [-0.15, -0.1) is 0 Å². The fourth-order valence-corrected chi connectivity index (χ4v) is 11.8. The maximum atomic E-state index is 7.07. The van der Waals surface area contributed by atoms with Gasteiger partial charge in [-0.2, -0.15) is 0 Å². The number of para-hydroxylation sites is 1. The van der Waals surface area contributed by atoms with Crippen LogP contribution >= 0.6 is 0 Å². The van der Waals surface area contributed by atoms with Crippen molar-refractivity contribution < 1.29 is 8.83 Å². The number of hydrogen-bond donors (Lipinski definition) is 0. The first-order valence-corrected chi connectivity index (χ1v) is 26.0. The van der Waals surface area contributed by atoms with E-state index >= 15 is 0 Å². The quantitative estimate of drug-likeness (QED) is 0.159. The van der Waals surface area contributed by atoms with Crippen LogP contribution in [0.2, 0.25) is 0 Å². The van der Waals surface area contributed by atoms with Crippen molar-refractivity contribution in [1.82, 2.24) is 19.5 Å². The van der Waals surface area contributed by atoms with Crippen LogP contribution in [0.3, 0.4) is 0 Å². The Labute approximate surface area is 441 Å². The number of nitrogens with zero attached hydrogens (tertiary/aromatic N) is 4. The van der Waals surface area contributed by atoms with Crippen molar-refractivity contribution in [2.75, 3.05) is 0 Å². The predicted molar refractivity (Wildman–Crippen MR) is 316 cm³/mol. The van der Waals surface area contributed by atoms with E-state index in [1.165, 1.54) is 37.9 Å². The van der Waals surface area contributed by atoms with E-state index in [0.717, 1.165) is 105 Å². The van der Waals surface area contributed by atoms with E-state index in [-0.39, 0.29) is 0 Å². The molecule has 0 saturated carbocycles. The van der Waals surface area contributed by atoms with Gasteiger partial charge in [0.2, 0.25) is 0 Å². The number of furan rings is 2. The largest absolute Gasteiger partial charge is 0.456 e. The van der Waals surface area contributed by atoms with Crippen LogP contribution in [-0.4, -0.2) is 19.5 Å². The van der Waals surface area contributed by atoms with Crippen LogP contribution < -0.4 is 0 Å². The molecule has 0 N–H and O–H groups in total. The molecule has 0 bridgehead atoms. The van der Waals surface area contributed by atoms with Crippen LogP contribution in [0.25, 0.3) is 160 Å². The Hall–Kier alpha value is -10.4. The highest BCUT2D eigenvalue weighted by Gasteiger charge is 2.24. The molecular weight excluding hydrogens is 941 g/mol. The molecule has 0 spiro atoms. The lowest BCUT2D eigenvalue weighted by molar-refractivity contribution is 0.668. The second-order valence-electron chi connectivity index (χ2n) is 19.8. The normalized spacial score (nSPS) is 11.9. The minimum Gasteiger partial charge on any atom is -0.456 e.